The quantitative estimate of drug-likeness (QED) is 0.647. The minimum atomic E-state index is -1.18. The summed E-state index contributed by atoms with van der Waals surface area (Å²) in [6.07, 6.45) is -2.70. The highest BCUT2D eigenvalue weighted by molar-refractivity contribution is 5.71. The van der Waals surface area contributed by atoms with Crippen molar-refractivity contribution in [1.29, 1.82) is 0 Å². The smallest absolute Gasteiger partial charge is 0.308 e. The number of aromatic nitrogens is 3. The van der Waals surface area contributed by atoms with E-state index in [0.717, 1.165) is 0 Å². The molecule has 0 amide bonds. The van der Waals surface area contributed by atoms with Gasteiger partial charge < -0.3 is 25.4 Å². The summed E-state index contributed by atoms with van der Waals surface area (Å²) in [5, 5.41) is 24.6. The summed E-state index contributed by atoms with van der Waals surface area (Å²) in [4.78, 5) is 15.5. The lowest BCUT2D eigenvalue weighted by Gasteiger charge is -2.15. The number of esters is 1. The van der Waals surface area contributed by atoms with Gasteiger partial charge in [-0.1, -0.05) is 13.8 Å². The Kier molecular flexibility index (Phi) is 4.39. The van der Waals surface area contributed by atoms with Gasteiger partial charge in [-0.2, -0.15) is 5.10 Å². The molecule has 2 aromatic heterocycles. The molecule has 24 heavy (non-hydrogen) atoms. The van der Waals surface area contributed by atoms with Crippen molar-refractivity contribution in [2.24, 2.45) is 5.92 Å². The molecule has 130 valence electrons. The van der Waals surface area contributed by atoms with Gasteiger partial charge >= 0.3 is 5.97 Å². The number of anilines is 1. The Labute approximate surface area is 138 Å². The van der Waals surface area contributed by atoms with Crippen LogP contribution >= 0.6 is 0 Å². The molecule has 4 N–H and O–H groups in total. The third kappa shape index (κ3) is 2.81. The van der Waals surface area contributed by atoms with E-state index in [1.165, 1.54) is 10.8 Å². The van der Waals surface area contributed by atoms with Crippen LogP contribution in [0.15, 0.2) is 18.5 Å². The number of nitrogen functional groups attached to an aromatic ring is 1. The van der Waals surface area contributed by atoms with Crippen molar-refractivity contribution in [3.63, 3.8) is 0 Å². The van der Waals surface area contributed by atoms with E-state index in [1.54, 1.807) is 26.0 Å². The number of nitrogens with zero attached hydrogens (tertiary/aromatic N) is 3. The molecule has 9 nitrogen and oxygen atoms in total. The summed E-state index contributed by atoms with van der Waals surface area (Å²) in [6, 6.07) is 3.41. The zero-order valence-corrected chi connectivity index (χ0v) is 13.4. The van der Waals surface area contributed by atoms with Gasteiger partial charge in [0.15, 0.2) is 5.82 Å². The highest BCUT2D eigenvalue weighted by Crippen LogP contribution is 2.34. The minimum absolute atomic E-state index is 0.133. The Balaban J connectivity index is 1.79. The summed E-state index contributed by atoms with van der Waals surface area (Å²) < 4.78 is 12.3. The Morgan fingerprint density at radius 2 is 2.17 bits per heavy atom. The summed E-state index contributed by atoms with van der Waals surface area (Å²) in [7, 11) is 0. The Morgan fingerprint density at radius 1 is 1.42 bits per heavy atom. The molecule has 1 fully saturated rings. The first kappa shape index (κ1) is 16.6. The highest BCUT2D eigenvalue weighted by Gasteiger charge is 2.45. The Bertz CT molecular complexity index is 747. The van der Waals surface area contributed by atoms with Gasteiger partial charge in [-0.15, -0.1) is 0 Å². The number of carbonyl (C=O) groups is 1. The van der Waals surface area contributed by atoms with Crippen molar-refractivity contribution >= 4 is 17.3 Å². The van der Waals surface area contributed by atoms with Gasteiger partial charge in [0.1, 0.15) is 42.9 Å². The monoisotopic (exact) mass is 336 g/mol. The summed E-state index contributed by atoms with van der Waals surface area (Å²) >= 11 is 0. The number of rotatable bonds is 4. The summed E-state index contributed by atoms with van der Waals surface area (Å²) in [6.45, 7) is 3.29. The molecule has 1 aliphatic rings. The van der Waals surface area contributed by atoms with Crippen LogP contribution in [-0.2, 0) is 14.3 Å². The van der Waals surface area contributed by atoms with Gasteiger partial charge in [0.2, 0.25) is 0 Å². The summed E-state index contributed by atoms with van der Waals surface area (Å²) in [5.41, 5.74) is 6.89. The topological polar surface area (TPSA) is 132 Å². The van der Waals surface area contributed by atoms with Crippen LogP contribution in [0.1, 0.15) is 25.6 Å². The van der Waals surface area contributed by atoms with Crippen molar-refractivity contribution in [1.82, 2.24) is 14.6 Å². The number of fused-ring (bicyclic) bond motifs is 1. The predicted octanol–water partition coefficient (Wildman–Crippen LogP) is -0.328. The van der Waals surface area contributed by atoms with Gasteiger partial charge in [0.05, 0.1) is 11.6 Å². The number of aliphatic hydroxyl groups excluding tert-OH is 2. The van der Waals surface area contributed by atoms with Crippen LogP contribution in [0.25, 0.3) is 5.52 Å². The van der Waals surface area contributed by atoms with Crippen LogP contribution < -0.4 is 5.73 Å². The summed E-state index contributed by atoms with van der Waals surface area (Å²) in [5.74, 6) is -0.373. The maximum Gasteiger partial charge on any atom is 0.308 e. The molecule has 0 bridgehead atoms. The van der Waals surface area contributed by atoms with Crippen LogP contribution in [-0.4, -0.2) is 55.7 Å². The van der Waals surface area contributed by atoms with E-state index in [9.17, 15) is 15.0 Å². The van der Waals surface area contributed by atoms with Crippen molar-refractivity contribution in [3.8, 4) is 0 Å². The lowest BCUT2D eigenvalue weighted by molar-refractivity contribution is -0.152. The van der Waals surface area contributed by atoms with E-state index in [-0.39, 0.29) is 12.5 Å². The Morgan fingerprint density at radius 3 is 2.88 bits per heavy atom. The van der Waals surface area contributed by atoms with Crippen molar-refractivity contribution < 1.29 is 24.5 Å². The van der Waals surface area contributed by atoms with Crippen LogP contribution in [0.5, 0.6) is 0 Å². The maximum atomic E-state index is 11.6. The first-order valence-corrected chi connectivity index (χ1v) is 7.66. The average Bonchev–Trinajstić information content (AvgIpc) is 3.09. The second-order valence-electron chi connectivity index (χ2n) is 6.06. The second-order valence-corrected chi connectivity index (χ2v) is 6.06. The third-order valence-corrected chi connectivity index (χ3v) is 4.03. The number of carbonyl (C=O) groups excluding carboxylic acids is 1. The molecule has 0 spiro atoms. The molecule has 4 atom stereocenters. The van der Waals surface area contributed by atoms with Gasteiger partial charge in [-0.25, -0.2) is 9.50 Å². The molecule has 1 saturated heterocycles. The van der Waals surface area contributed by atoms with Crippen LogP contribution in [0.2, 0.25) is 0 Å². The molecule has 0 radical (unpaired) electrons. The fourth-order valence-corrected chi connectivity index (χ4v) is 2.65. The number of ether oxygens (including phenoxy) is 2. The number of hydrogen-bond donors (Lipinski definition) is 3. The molecule has 0 aliphatic carbocycles. The lowest BCUT2D eigenvalue weighted by atomic mass is 10.1. The van der Waals surface area contributed by atoms with Crippen molar-refractivity contribution in [3.05, 3.63) is 24.2 Å². The van der Waals surface area contributed by atoms with Crippen LogP contribution in [0.3, 0.4) is 0 Å². The van der Waals surface area contributed by atoms with Gasteiger partial charge in [-0.05, 0) is 12.1 Å². The van der Waals surface area contributed by atoms with E-state index in [2.05, 4.69) is 10.1 Å². The number of hydrogen-bond acceptors (Lipinski definition) is 8. The third-order valence-electron chi connectivity index (χ3n) is 4.03. The molecule has 3 heterocycles. The maximum absolute atomic E-state index is 11.6. The zero-order valence-electron chi connectivity index (χ0n) is 13.4. The van der Waals surface area contributed by atoms with E-state index >= 15 is 0 Å². The molecule has 9 heteroatoms. The molecule has 0 saturated carbocycles. The predicted molar refractivity (Wildman–Crippen MR) is 82.8 cm³/mol. The average molecular weight is 336 g/mol. The first-order chi connectivity index (χ1) is 11.4. The molecule has 2 aromatic rings. The van der Waals surface area contributed by atoms with E-state index in [4.69, 9.17) is 15.2 Å². The van der Waals surface area contributed by atoms with Crippen LogP contribution in [0, 0.1) is 5.92 Å². The van der Waals surface area contributed by atoms with Gasteiger partial charge in [0.25, 0.3) is 0 Å². The molecular weight excluding hydrogens is 316 g/mol. The van der Waals surface area contributed by atoms with E-state index < -0.39 is 30.4 Å². The van der Waals surface area contributed by atoms with Gasteiger partial charge in [-0.3, -0.25) is 4.79 Å². The highest BCUT2D eigenvalue weighted by atomic mass is 16.6. The number of nitrogens with two attached hydrogens (primary N) is 1. The molecule has 0 aromatic carbocycles. The van der Waals surface area contributed by atoms with E-state index in [0.29, 0.717) is 17.0 Å². The fourth-order valence-electron chi connectivity index (χ4n) is 2.65. The SMILES string of the molecule is CC(C)C(=O)OC[C@H]1O[C@@H](c2ccc3c(N)ncnn23)[C@H](O)[C@@H]1O. The molecule has 3 rings (SSSR count). The Hall–Kier alpha value is -2.23. The minimum Gasteiger partial charge on any atom is -0.463 e. The molecular formula is C15H20N4O5. The van der Waals surface area contributed by atoms with E-state index in [1.807, 2.05) is 0 Å². The zero-order chi connectivity index (χ0) is 17.4. The standard InChI is InChI=1S/C15H20N4O5/c1-7(2)15(22)23-5-10-11(20)12(21)13(24-10)8-3-4-9-14(16)17-6-18-19(8)9/h3-4,6-7,10-13,20-21H,5H2,1-2H3,(H2,16,17,18)/t10-,11-,12-,13+/m1/s1. The van der Waals surface area contributed by atoms with Crippen LogP contribution in [0.4, 0.5) is 5.82 Å². The molecule has 0 unspecified atom stereocenters. The van der Waals surface area contributed by atoms with Crippen molar-refractivity contribution in [2.45, 2.75) is 38.3 Å². The largest absolute Gasteiger partial charge is 0.463 e. The second kappa shape index (κ2) is 6.34. The normalized spacial score (nSPS) is 27.0. The number of aliphatic hydroxyl groups is 2. The lowest BCUT2D eigenvalue weighted by Crippen LogP contribution is -2.34. The molecule has 1 aliphatic heterocycles. The van der Waals surface area contributed by atoms with Gasteiger partial charge in [0, 0.05) is 0 Å². The first-order valence-electron chi connectivity index (χ1n) is 7.66. The fraction of sp³-hybridized carbons (Fsp3) is 0.533. The van der Waals surface area contributed by atoms with Crippen molar-refractivity contribution in [2.75, 3.05) is 12.3 Å².